The molecule has 0 unspecified atom stereocenters. The molecule has 1 aromatic heterocycles. The summed E-state index contributed by atoms with van der Waals surface area (Å²) in [6.45, 7) is 2.08. The number of benzene rings is 1. The summed E-state index contributed by atoms with van der Waals surface area (Å²) in [5.41, 5.74) is 2.35. The number of rotatable bonds is 3. The monoisotopic (exact) mass is 228 g/mol. The van der Waals surface area contributed by atoms with E-state index in [0.717, 1.165) is 17.3 Å². The van der Waals surface area contributed by atoms with Gasteiger partial charge in [-0.05, 0) is 18.6 Å². The van der Waals surface area contributed by atoms with E-state index in [1.54, 1.807) is 12.4 Å². The van der Waals surface area contributed by atoms with E-state index in [9.17, 15) is 0 Å². The number of aromatic nitrogens is 2. The fourth-order valence-electron chi connectivity index (χ4n) is 1.70. The van der Waals surface area contributed by atoms with Crippen LogP contribution in [0.2, 0.25) is 0 Å². The topological polar surface area (TPSA) is 41.1 Å². The van der Waals surface area contributed by atoms with Crippen LogP contribution in [0.5, 0.6) is 0 Å². The zero-order valence-electron chi connectivity index (χ0n) is 10.3. The van der Waals surface area contributed by atoms with Crippen LogP contribution in [-0.2, 0) is 0 Å². The predicted molar refractivity (Wildman–Crippen MR) is 70.8 cm³/mol. The lowest BCUT2D eigenvalue weighted by molar-refractivity contribution is 1.08. The second kappa shape index (κ2) is 4.82. The summed E-state index contributed by atoms with van der Waals surface area (Å²) in [7, 11) is 3.83. The first-order valence-corrected chi connectivity index (χ1v) is 5.51. The van der Waals surface area contributed by atoms with Gasteiger partial charge in [0, 0.05) is 19.8 Å². The van der Waals surface area contributed by atoms with Gasteiger partial charge in [-0.1, -0.05) is 18.2 Å². The second-order valence-corrected chi connectivity index (χ2v) is 3.86. The highest BCUT2D eigenvalue weighted by molar-refractivity contribution is 5.63. The average molecular weight is 228 g/mol. The number of hydrogen-bond donors (Lipinski definition) is 1. The first-order chi connectivity index (χ1) is 8.22. The van der Waals surface area contributed by atoms with Crippen LogP contribution in [0.25, 0.3) is 0 Å². The van der Waals surface area contributed by atoms with E-state index in [1.807, 2.05) is 31.1 Å². The molecule has 0 aliphatic rings. The molecule has 1 heterocycles. The van der Waals surface area contributed by atoms with E-state index in [2.05, 4.69) is 34.3 Å². The molecule has 0 atom stereocenters. The third kappa shape index (κ3) is 2.36. The highest BCUT2D eigenvalue weighted by Crippen LogP contribution is 2.24. The van der Waals surface area contributed by atoms with Crippen molar-refractivity contribution in [3.8, 4) is 0 Å². The lowest BCUT2D eigenvalue weighted by atomic mass is 10.2. The summed E-state index contributed by atoms with van der Waals surface area (Å²) in [5, 5.41) is 2.99. The Bertz CT molecular complexity index is 510. The van der Waals surface area contributed by atoms with Gasteiger partial charge in [0.05, 0.1) is 12.4 Å². The molecule has 0 bridgehead atoms. The Hall–Kier alpha value is -2.10. The zero-order valence-corrected chi connectivity index (χ0v) is 10.3. The van der Waals surface area contributed by atoms with Crippen molar-refractivity contribution in [1.82, 2.24) is 9.97 Å². The number of hydrogen-bond acceptors (Lipinski definition) is 4. The van der Waals surface area contributed by atoms with Gasteiger partial charge < -0.3 is 10.2 Å². The molecule has 0 amide bonds. The first-order valence-electron chi connectivity index (χ1n) is 5.51. The molecule has 4 nitrogen and oxygen atoms in total. The van der Waals surface area contributed by atoms with E-state index in [-0.39, 0.29) is 0 Å². The molecule has 88 valence electrons. The maximum absolute atomic E-state index is 4.46. The number of aryl methyl sites for hydroxylation is 1. The molecule has 0 saturated carbocycles. The molecule has 2 aromatic rings. The van der Waals surface area contributed by atoms with Gasteiger partial charge in [-0.2, -0.15) is 0 Å². The van der Waals surface area contributed by atoms with E-state index >= 15 is 0 Å². The molecule has 0 fully saturated rings. The molecule has 1 N–H and O–H groups in total. The van der Waals surface area contributed by atoms with Gasteiger partial charge in [0.15, 0.2) is 5.82 Å². The van der Waals surface area contributed by atoms with Crippen LogP contribution in [-0.4, -0.2) is 24.1 Å². The van der Waals surface area contributed by atoms with E-state index in [4.69, 9.17) is 0 Å². The fourth-order valence-corrected chi connectivity index (χ4v) is 1.70. The van der Waals surface area contributed by atoms with Gasteiger partial charge >= 0.3 is 0 Å². The lowest BCUT2D eigenvalue weighted by Gasteiger charge is -2.20. The molecule has 1 aromatic carbocycles. The van der Waals surface area contributed by atoms with Crippen LogP contribution < -0.4 is 10.2 Å². The van der Waals surface area contributed by atoms with Gasteiger partial charge in [0.25, 0.3) is 0 Å². The van der Waals surface area contributed by atoms with Gasteiger partial charge in [-0.15, -0.1) is 0 Å². The van der Waals surface area contributed by atoms with Crippen LogP contribution in [0.1, 0.15) is 5.56 Å². The van der Waals surface area contributed by atoms with E-state index in [1.165, 1.54) is 5.56 Å². The predicted octanol–water partition coefficient (Wildman–Crippen LogP) is 2.59. The average Bonchev–Trinajstić information content (AvgIpc) is 2.38. The zero-order chi connectivity index (χ0) is 12.3. The van der Waals surface area contributed by atoms with Gasteiger partial charge in [-0.3, -0.25) is 4.98 Å². The minimum absolute atomic E-state index is 0.767. The Kier molecular flexibility index (Phi) is 3.23. The van der Waals surface area contributed by atoms with Crippen LogP contribution >= 0.6 is 0 Å². The standard InChI is InChI=1S/C13H16N4/c1-10-6-4-5-7-11(10)17(3)13-9-15-8-12(14-2)16-13/h4-9H,1-3H3,(H,14,16). The van der Waals surface area contributed by atoms with Crippen LogP contribution in [0.4, 0.5) is 17.3 Å². The smallest absolute Gasteiger partial charge is 0.153 e. The maximum Gasteiger partial charge on any atom is 0.153 e. The molecule has 0 spiro atoms. The second-order valence-electron chi connectivity index (χ2n) is 3.86. The van der Waals surface area contributed by atoms with Crippen molar-refractivity contribution < 1.29 is 0 Å². The lowest BCUT2D eigenvalue weighted by Crippen LogP contribution is -2.13. The van der Waals surface area contributed by atoms with Gasteiger partial charge in [-0.25, -0.2) is 4.98 Å². The Labute approximate surface area is 101 Å². The summed E-state index contributed by atoms with van der Waals surface area (Å²) in [4.78, 5) is 10.7. The SMILES string of the molecule is CNc1cncc(N(C)c2ccccc2C)n1. The quantitative estimate of drug-likeness (QED) is 0.876. The summed E-state index contributed by atoms with van der Waals surface area (Å²) < 4.78 is 0. The number of para-hydroxylation sites is 1. The summed E-state index contributed by atoms with van der Waals surface area (Å²) in [6, 6.07) is 8.21. The molecular weight excluding hydrogens is 212 g/mol. The van der Waals surface area contributed by atoms with Crippen molar-refractivity contribution in [3.05, 3.63) is 42.2 Å². The van der Waals surface area contributed by atoms with Crippen LogP contribution in [0, 0.1) is 6.92 Å². The highest BCUT2D eigenvalue weighted by Gasteiger charge is 2.08. The highest BCUT2D eigenvalue weighted by atomic mass is 15.2. The largest absolute Gasteiger partial charge is 0.372 e. The Morgan fingerprint density at radius 2 is 1.94 bits per heavy atom. The molecule has 17 heavy (non-hydrogen) atoms. The number of anilines is 3. The molecule has 2 rings (SSSR count). The summed E-state index contributed by atoms with van der Waals surface area (Å²) in [6.07, 6.45) is 3.46. The van der Waals surface area contributed by atoms with Crippen molar-refractivity contribution in [2.45, 2.75) is 6.92 Å². The molecule has 4 heteroatoms. The number of nitrogens with zero attached hydrogens (tertiary/aromatic N) is 3. The molecule has 0 radical (unpaired) electrons. The Balaban J connectivity index is 2.37. The number of nitrogens with one attached hydrogen (secondary N) is 1. The molecule has 0 aliphatic carbocycles. The normalized spacial score (nSPS) is 10.1. The molecule has 0 saturated heterocycles. The summed E-state index contributed by atoms with van der Waals surface area (Å²) in [5.74, 6) is 1.59. The Morgan fingerprint density at radius 3 is 2.65 bits per heavy atom. The Morgan fingerprint density at radius 1 is 1.18 bits per heavy atom. The first kappa shape index (κ1) is 11.4. The fraction of sp³-hybridized carbons (Fsp3) is 0.231. The van der Waals surface area contributed by atoms with Crippen molar-refractivity contribution >= 4 is 17.3 Å². The minimum Gasteiger partial charge on any atom is -0.372 e. The van der Waals surface area contributed by atoms with Gasteiger partial charge in [0.2, 0.25) is 0 Å². The minimum atomic E-state index is 0.767. The third-order valence-corrected chi connectivity index (χ3v) is 2.70. The maximum atomic E-state index is 4.46. The van der Waals surface area contributed by atoms with Crippen molar-refractivity contribution in [2.24, 2.45) is 0 Å². The molecule has 0 aliphatic heterocycles. The van der Waals surface area contributed by atoms with Gasteiger partial charge in [0.1, 0.15) is 5.82 Å². The van der Waals surface area contributed by atoms with Crippen LogP contribution in [0.3, 0.4) is 0 Å². The molecular formula is C13H16N4. The van der Waals surface area contributed by atoms with Crippen molar-refractivity contribution in [1.29, 1.82) is 0 Å². The van der Waals surface area contributed by atoms with E-state index < -0.39 is 0 Å². The third-order valence-electron chi connectivity index (χ3n) is 2.70. The van der Waals surface area contributed by atoms with E-state index in [0.29, 0.717) is 0 Å². The van der Waals surface area contributed by atoms with Crippen molar-refractivity contribution in [2.75, 3.05) is 24.3 Å². The van der Waals surface area contributed by atoms with Crippen LogP contribution in [0.15, 0.2) is 36.7 Å². The van der Waals surface area contributed by atoms with Crippen molar-refractivity contribution in [3.63, 3.8) is 0 Å². The summed E-state index contributed by atoms with van der Waals surface area (Å²) >= 11 is 0.